The van der Waals surface area contributed by atoms with Crippen LogP contribution in [0.2, 0.25) is 0 Å². The molecule has 1 aliphatic heterocycles. The summed E-state index contributed by atoms with van der Waals surface area (Å²) in [6.45, 7) is 3.95. The van der Waals surface area contributed by atoms with Crippen molar-refractivity contribution in [3.8, 4) is 0 Å². The summed E-state index contributed by atoms with van der Waals surface area (Å²) in [5.41, 5.74) is 0. The highest BCUT2D eigenvalue weighted by Gasteiger charge is 2.16. The summed E-state index contributed by atoms with van der Waals surface area (Å²) in [5, 5.41) is 0. The summed E-state index contributed by atoms with van der Waals surface area (Å²) < 4.78 is 5.31. The van der Waals surface area contributed by atoms with Crippen LogP contribution >= 0.6 is 0 Å². The van der Waals surface area contributed by atoms with Gasteiger partial charge in [-0.2, -0.15) is 0 Å². The minimum Gasteiger partial charge on any atom is -0.381 e. The van der Waals surface area contributed by atoms with E-state index >= 15 is 0 Å². The first kappa shape index (κ1) is 14.7. The van der Waals surface area contributed by atoms with Crippen molar-refractivity contribution >= 4 is 5.78 Å². The molecule has 1 heterocycles. The summed E-state index contributed by atoms with van der Waals surface area (Å²) >= 11 is 0. The lowest BCUT2D eigenvalue weighted by Gasteiger charge is -2.21. The Morgan fingerprint density at radius 1 is 1.06 bits per heavy atom. The largest absolute Gasteiger partial charge is 0.381 e. The monoisotopic (exact) mass is 240 g/mol. The number of carbonyl (C=O) groups excluding carboxylic acids is 1. The molecule has 0 bridgehead atoms. The molecule has 0 aromatic heterocycles. The number of ether oxygens (including phenoxy) is 1. The van der Waals surface area contributed by atoms with Gasteiger partial charge in [0.1, 0.15) is 5.78 Å². The van der Waals surface area contributed by atoms with Crippen LogP contribution in [0.15, 0.2) is 0 Å². The molecule has 1 fully saturated rings. The number of Topliss-reactive ketones (excluding diaryl/α,β-unsaturated/α-hetero) is 1. The van der Waals surface area contributed by atoms with Gasteiger partial charge in [-0.05, 0) is 25.2 Å². The van der Waals surface area contributed by atoms with Gasteiger partial charge in [0.05, 0.1) is 0 Å². The summed E-state index contributed by atoms with van der Waals surface area (Å²) in [4.78, 5) is 11.8. The van der Waals surface area contributed by atoms with Crippen LogP contribution in [0.4, 0.5) is 0 Å². The van der Waals surface area contributed by atoms with Crippen LogP contribution in [0, 0.1) is 5.92 Å². The van der Waals surface area contributed by atoms with E-state index in [4.69, 9.17) is 4.74 Å². The molecule has 0 unspecified atom stereocenters. The topological polar surface area (TPSA) is 26.3 Å². The average Bonchev–Trinajstić information content (AvgIpc) is 2.35. The standard InChI is InChI=1S/C15H28O2/c1-2-3-4-5-6-7-8-15(16)13-14-9-11-17-12-10-14/h14H,2-13H2,1H3. The van der Waals surface area contributed by atoms with Crippen LogP contribution < -0.4 is 0 Å². The normalized spacial score (nSPS) is 17.2. The maximum absolute atomic E-state index is 11.8. The lowest BCUT2D eigenvalue weighted by Crippen LogP contribution is -2.18. The van der Waals surface area contributed by atoms with Gasteiger partial charge in [-0.15, -0.1) is 0 Å². The van der Waals surface area contributed by atoms with Gasteiger partial charge in [-0.25, -0.2) is 0 Å². The van der Waals surface area contributed by atoms with E-state index in [1.54, 1.807) is 0 Å². The number of carbonyl (C=O) groups is 1. The first-order chi connectivity index (χ1) is 8.33. The van der Waals surface area contributed by atoms with E-state index in [2.05, 4.69) is 6.92 Å². The highest BCUT2D eigenvalue weighted by atomic mass is 16.5. The highest BCUT2D eigenvalue weighted by molar-refractivity contribution is 5.78. The Bertz CT molecular complexity index is 195. The number of ketones is 1. The molecule has 100 valence electrons. The third-order valence-electron chi connectivity index (χ3n) is 3.67. The zero-order chi connectivity index (χ0) is 12.3. The molecule has 0 atom stereocenters. The quantitative estimate of drug-likeness (QED) is 0.567. The number of hydrogen-bond acceptors (Lipinski definition) is 2. The molecule has 0 aliphatic carbocycles. The second-order valence-electron chi connectivity index (χ2n) is 5.32. The predicted octanol–water partition coefficient (Wildman–Crippen LogP) is 4.12. The smallest absolute Gasteiger partial charge is 0.133 e. The van der Waals surface area contributed by atoms with E-state index in [1.165, 1.54) is 32.1 Å². The SMILES string of the molecule is CCCCCCCCC(=O)CC1CCOCC1. The van der Waals surface area contributed by atoms with Gasteiger partial charge < -0.3 is 4.74 Å². The third-order valence-corrected chi connectivity index (χ3v) is 3.67. The van der Waals surface area contributed by atoms with E-state index < -0.39 is 0 Å². The van der Waals surface area contributed by atoms with Crippen molar-refractivity contribution < 1.29 is 9.53 Å². The fraction of sp³-hybridized carbons (Fsp3) is 0.933. The second-order valence-corrected chi connectivity index (χ2v) is 5.32. The van der Waals surface area contributed by atoms with Crippen LogP contribution in [0.3, 0.4) is 0 Å². The molecule has 1 rings (SSSR count). The Kier molecular flexibility index (Phi) is 8.33. The molecular weight excluding hydrogens is 212 g/mol. The summed E-state index contributed by atoms with van der Waals surface area (Å²) in [6, 6.07) is 0. The van der Waals surface area contributed by atoms with Gasteiger partial charge in [0.25, 0.3) is 0 Å². The molecule has 0 radical (unpaired) electrons. The van der Waals surface area contributed by atoms with Crippen molar-refractivity contribution in [2.45, 2.75) is 71.1 Å². The van der Waals surface area contributed by atoms with Gasteiger partial charge in [0.2, 0.25) is 0 Å². The van der Waals surface area contributed by atoms with Crippen molar-refractivity contribution in [1.82, 2.24) is 0 Å². The van der Waals surface area contributed by atoms with E-state index in [0.29, 0.717) is 11.7 Å². The molecule has 0 spiro atoms. The highest BCUT2D eigenvalue weighted by Crippen LogP contribution is 2.20. The predicted molar refractivity (Wildman–Crippen MR) is 71.2 cm³/mol. The number of rotatable bonds is 9. The molecule has 0 amide bonds. The molecule has 1 saturated heterocycles. The minimum atomic E-state index is 0.479. The maximum Gasteiger partial charge on any atom is 0.133 e. The first-order valence-corrected chi connectivity index (χ1v) is 7.42. The summed E-state index contributed by atoms with van der Waals surface area (Å²) in [6.07, 6.45) is 11.4. The van der Waals surface area contributed by atoms with Crippen molar-refractivity contribution in [3.63, 3.8) is 0 Å². The van der Waals surface area contributed by atoms with Gasteiger partial charge in [0.15, 0.2) is 0 Å². The zero-order valence-corrected chi connectivity index (χ0v) is 11.4. The van der Waals surface area contributed by atoms with Gasteiger partial charge >= 0.3 is 0 Å². The van der Waals surface area contributed by atoms with Gasteiger partial charge in [0, 0.05) is 26.1 Å². The molecule has 0 N–H and O–H groups in total. The van der Waals surface area contributed by atoms with Crippen molar-refractivity contribution in [1.29, 1.82) is 0 Å². The maximum atomic E-state index is 11.8. The summed E-state index contributed by atoms with van der Waals surface area (Å²) in [7, 11) is 0. The third kappa shape index (κ3) is 7.54. The molecule has 1 aliphatic rings. The molecule has 0 saturated carbocycles. The van der Waals surface area contributed by atoms with Crippen molar-refractivity contribution in [2.75, 3.05) is 13.2 Å². The molecule has 0 aromatic rings. The van der Waals surface area contributed by atoms with Crippen molar-refractivity contribution in [2.24, 2.45) is 5.92 Å². The fourth-order valence-electron chi connectivity index (χ4n) is 2.48. The first-order valence-electron chi connectivity index (χ1n) is 7.42. The van der Waals surface area contributed by atoms with Crippen LogP contribution in [-0.4, -0.2) is 19.0 Å². The fourth-order valence-corrected chi connectivity index (χ4v) is 2.48. The lowest BCUT2D eigenvalue weighted by atomic mass is 9.92. The Hall–Kier alpha value is -0.370. The Labute approximate surface area is 106 Å². The van der Waals surface area contributed by atoms with Crippen molar-refractivity contribution in [3.05, 3.63) is 0 Å². The number of unbranched alkanes of at least 4 members (excludes halogenated alkanes) is 5. The molecule has 17 heavy (non-hydrogen) atoms. The lowest BCUT2D eigenvalue weighted by molar-refractivity contribution is -0.120. The van der Waals surface area contributed by atoms with E-state index in [0.717, 1.165) is 45.3 Å². The zero-order valence-electron chi connectivity index (χ0n) is 11.4. The van der Waals surface area contributed by atoms with Crippen LogP contribution in [-0.2, 0) is 9.53 Å². The van der Waals surface area contributed by atoms with Crippen LogP contribution in [0.25, 0.3) is 0 Å². The van der Waals surface area contributed by atoms with Gasteiger partial charge in [-0.3, -0.25) is 4.79 Å². The Morgan fingerprint density at radius 2 is 1.71 bits per heavy atom. The molecule has 2 nitrogen and oxygen atoms in total. The summed E-state index contributed by atoms with van der Waals surface area (Å²) in [5.74, 6) is 1.09. The van der Waals surface area contributed by atoms with Gasteiger partial charge in [-0.1, -0.05) is 39.0 Å². The number of hydrogen-bond donors (Lipinski definition) is 0. The van der Waals surface area contributed by atoms with Crippen LogP contribution in [0.5, 0.6) is 0 Å². The molecule has 2 heteroatoms. The minimum absolute atomic E-state index is 0.479. The molecular formula is C15H28O2. The average molecular weight is 240 g/mol. The Balaban J connectivity index is 1.93. The van der Waals surface area contributed by atoms with Crippen LogP contribution in [0.1, 0.15) is 71.1 Å². The second kappa shape index (κ2) is 9.64. The molecule has 0 aromatic carbocycles. The van der Waals surface area contributed by atoms with E-state index in [1.807, 2.05) is 0 Å². The van der Waals surface area contributed by atoms with E-state index in [-0.39, 0.29) is 0 Å². The van der Waals surface area contributed by atoms with E-state index in [9.17, 15) is 4.79 Å². The Morgan fingerprint density at radius 3 is 2.41 bits per heavy atom.